The van der Waals surface area contributed by atoms with Gasteiger partial charge < -0.3 is 9.42 Å². The number of hydrogen-bond acceptors (Lipinski definition) is 3. The molecule has 1 aliphatic heterocycles. The lowest BCUT2D eigenvalue weighted by Gasteiger charge is -2.31. The van der Waals surface area contributed by atoms with Gasteiger partial charge >= 0.3 is 0 Å². The van der Waals surface area contributed by atoms with E-state index in [4.69, 9.17) is 4.52 Å². The summed E-state index contributed by atoms with van der Waals surface area (Å²) in [6.07, 6.45) is 0.854. The van der Waals surface area contributed by atoms with Gasteiger partial charge in [0.1, 0.15) is 0 Å². The molecular weight excluding hydrogens is 204 g/mol. The highest BCUT2D eigenvalue weighted by molar-refractivity contribution is 5.81. The first-order valence-corrected chi connectivity index (χ1v) is 5.63. The Morgan fingerprint density at radius 1 is 1.44 bits per heavy atom. The molecule has 1 aromatic heterocycles. The Balaban J connectivity index is 2.17. The highest BCUT2D eigenvalue weighted by Gasteiger charge is 2.31. The minimum Gasteiger partial charge on any atom is -0.359 e. The van der Waals surface area contributed by atoms with Crippen LogP contribution in [-0.4, -0.2) is 22.5 Å². The topological polar surface area (TPSA) is 46.3 Å². The van der Waals surface area contributed by atoms with Crippen molar-refractivity contribution in [3.05, 3.63) is 17.0 Å². The zero-order valence-electron chi connectivity index (χ0n) is 10.3. The molecule has 16 heavy (non-hydrogen) atoms. The van der Waals surface area contributed by atoms with E-state index in [9.17, 15) is 4.79 Å². The normalized spacial score (nSPS) is 16.1. The van der Waals surface area contributed by atoms with Crippen molar-refractivity contribution in [3.8, 4) is 0 Å². The van der Waals surface area contributed by atoms with E-state index in [2.05, 4.69) is 5.16 Å². The van der Waals surface area contributed by atoms with Crippen LogP contribution in [0.1, 0.15) is 37.8 Å². The Labute approximate surface area is 95.6 Å². The van der Waals surface area contributed by atoms with Crippen molar-refractivity contribution in [2.24, 2.45) is 5.41 Å². The fraction of sp³-hybridized carbons (Fsp3) is 0.667. The first-order valence-electron chi connectivity index (χ1n) is 5.63. The summed E-state index contributed by atoms with van der Waals surface area (Å²) in [5.41, 5.74) is 1.81. The van der Waals surface area contributed by atoms with Crippen LogP contribution in [0.4, 0.5) is 0 Å². The van der Waals surface area contributed by atoms with E-state index >= 15 is 0 Å². The molecule has 0 aromatic carbocycles. The molecule has 2 rings (SSSR count). The molecule has 0 N–H and O–H groups in total. The smallest absolute Gasteiger partial charge is 0.228 e. The van der Waals surface area contributed by atoms with Crippen LogP contribution in [0, 0.1) is 12.3 Å². The third-order valence-corrected chi connectivity index (χ3v) is 2.96. The molecule has 0 aliphatic carbocycles. The molecule has 0 fully saturated rings. The SMILES string of the molecule is Cc1noc2c1CCN(C(=O)C(C)(C)C)C2. The number of carbonyl (C=O) groups excluding carboxylic acids is 1. The Bertz CT molecular complexity index is 415. The molecule has 0 saturated carbocycles. The average molecular weight is 222 g/mol. The maximum absolute atomic E-state index is 12.1. The Hall–Kier alpha value is -1.32. The van der Waals surface area contributed by atoms with Crippen molar-refractivity contribution in [2.45, 2.75) is 40.7 Å². The lowest BCUT2D eigenvalue weighted by molar-refractivity contribution is -0.140. The van der Waals surface area contributed by atoms with Gasteiger partial charge in [-0.2, -0.15) is 0 Å². The molecular formula is C12H18N2O2. The van der Waals surface area contributed by atoms with Crippen molar-refractivity contribution in [1.82, 2.24) is 10.1 Å². The zero-order valence-corrected chi connectivity index (χ0v) is 10.3. The fourth-order valence-electron chi connectivity index (χ4n) is 2.03. The van der Waals surface area contributed by atoms with E-state index in [0.717, 1.165) is 24.4 Å². The van der Waals surface area contributed by atoms with Crippen LogP contribution in [0.15, 0.2) is 4.52 Å². The van der Waals surface area contributed by atoms with Crippen LogP contribution in [0.25, 0.3) is 0 Å². The quantitative estimate of drug-likeness (QED) is 0.673. The van der Waals surface area contributed by atoms with Gasteiger partial charge in [-0.1, -0.05) is 25.9 Å². The summed E-state index contributed by atoms with van der Waals surface area (Å²) >= 11 is 0. The summed E-state index contributed by atoms with van der Waals surface area (Å²) < 4.78 is 5.24. The second-order valence-corrected chi connectivity index (χ2v) is 5.40. The first kappa shape index (κ1) is 11.2. The van der Waals surface area contributed by atoms with Gasteiger partial charge in [-0.3, -0.25) is 4.79 Å². The number of rotatable bonds is 0. The third kappa shape index (κ3) is 1.84. The zero-order chi connectivity index (χ0) is 11.9. The maximum atomic E-state index is 12.1. The van der Waals surface area contributed by atoms with Gasteiger partial charge in [0.25, 0.3) is 0 Å². The van der Waals surface area contributed by atoms with Crippen molar-refractivity contribution >= 4 is 5.91 Å². The highest BCUT2D eigenvalue weighted by Crippen LogP contribution is 2.25. The number of hydrogen-bond donors (Lipinski definition) is 0. The molecule has 1 aliphatic rings. The van der Waals surface area contributed by atoms with Crippen LogP contribution < -0.4 is 0 Å². The summed E-state index contributed by atoms with van der Waals surface area (Å²) in [6, 6.07) is 0. The summed E-state index contributed by atoms with van der Waals surface area (Å²) in [5, 5.41) is 3.94. The lowest BCUT2D eigenvalue weighted by Crippen LogP contribution is -2.42. The number of aryl methyl sites for hydroxylation is 1. The molecule has 1 aromatic rings. The molecule has 0 bridgehead atoms. The van der Waals surface area contributed by atoms with Gasteiger partial charge in [0.2, 0.25) is 5.91 Å². The monoisotopic (exact) mass is 222 g/mol. The minimum atomic E-state index is -0.327. The van der Waals surface area contributed by atoms with Gasteiger partial charge in [-0.15, -0.1) is 0 Å². The predicted molar refractivity (Wildman–Crippen MR) is 59.8 cm³/mol. The van der Waals surface area contributed by atoms with Gasteiger partial charge in [-0.05, 0) is 13.3 Å². The molecule has 0 unspecified atom stereocenters. The highest BCUT2D eigenvalue weighted by atomic mass is 16.5. The molecule has 2 heterocycles. The molecule has 0 atom stereocenters. The van der Waals surface area contributed by atoms with Crippen molar-refractivity contribution in [2.75, 3.05) is 6.54 Å². The minimum absolute atomic E-state index is 0.173. The molecule has 1 amide bonds. The van der Waals surface area contributed by atoms with E-state index < -0.39 is 0 Å². The molecule has 0 radical (unpaired) electrons. The summed E-state index contributed by atoms with van der Waals surface area (Å²) in [5.74, 6) is 1.02. The van der Waals surface area contributed by atoms with Gasteiger partial charge in [0.05, 0.1) is 12.2 Å². The molecule has 4 heteroatoms. The van der Waals surface area contributed by atoms with Crippen LogP contribution in [0.3, 0.4) is 0 Å². The van der Waals surface area contributed by atoms with Crippen LogP contribution in [0.2, 0.25) is 0 Å². The number of nitrogens with zero attached hydrogens (tertiary/aromatic N) is 2. The van der Waals surface area contributed by atoms with E-state index in [-0.39, 0.29) is 11.3 Å². The van der Waals surface area contributed by atoms with E-state index in [1.54, 1.807) is 0 Å². The van der Waals surface area contributed by atoms with E-state index in [1.165, 1.54) is 5.56 Å². The molecule has 0 saturated heterocycles. The van der Waals surface area contributed by atoms with Gasteiger partial charge in [0, 0.05) is 17.5 Å². The number of amides is 1. The largest absolute Gasteiger partial charge is 0.359 e. The fourth-order valence-corrected chi connectivity index (χ4v) is 2.03. The number of aromatic nitrogens is 1. The first-order chi connectivity index (χ1) is 7.39. The number of carbonyl (C=O) groups is 1. The lowest BCUT2D eigenvalue weighted by atomic mass is 9.93. The Morgan fingerprint density at radius 3 is 2.75 bits per heavy atom. The van der Waals surface area contributed by atoms with Gasteiger partial charge in [0.15, 0.2) is 5.76 Å². The Kier molecular flexibility index (Phi) is 2.52. The summed E-state index contributed by atoms with van der Waals surface area (Å²) in [4.78, 5) is 14.0. The number of fused-ring (bicyclic) bond motifs is 1. The second-order valence-electron chi connectivity index (χ2n) is 5.40. The van der Waals surface area contributed by atoms with E-state index in [1.807, 2.05) is 32.6 Å². The van der Waals surface area contributed by atoms with Crippen LogP contribution in [0.5, 0.6) is 0 Å². The predicted octanol–water partition coefficient (Wildman–Crippen LogP) is 1.91. The van der Waals surface area contributed by atoms with Crippen LogP contribution in [-0.2, 0) is 17.8 Å². The van der Waals surface area contributed by atoms with E-state index in [0.29, 0.717) is 6.54 Å². The molecule has 4 nitrogen and oxygen atoms in total. The average Bonchev–Trinajstić information content (AvgIpc) is 2.57. The van der Waals surface area contributed by atoms with Crippen molar-refractivity contribution in [1.29, 1.82) is 0 Å². The third-order valence-electron chi connectivity index (χ3n) is 2.96. The maximum Gasteiger partial charge on any atom is 0.228 e. The van der Waals surface area contributed by atoms with Crippen molar-refractivity contribution < 1.29 is 9.32 Å². The molecule has 88 valence electrons. The van der Waals surface area contributed by atoms with Crippen LogP contribution >= 0.6 is 0 Å². The van der Waals surface area contributed by atoms with Crippen molar-refractivity contribution in [3.63, 3.8) is 0 Å². The summed E-state index contributed by atoms with van der Waals surface area (Å²) in [7, 11) is 0. The standard InChI is InChI=1S/C12H18N2O2/c1-8-9-5-6-14(7-10(9)16-13-8)11(15)12(2,3)4/h5-7H2,1-4H3. The summed E-state index contributed by atoms with van der Waals surface area (Å²) in [6.45, 7) is 9.10. The molecule has 0 spiro atoms. The van der Waals surface area contributed by atoms with Gasteiger partial charge in [-0.25, -0.2) is 0 Å². The second kappa shape index (κ2) is 3.61. The Morgan fingerprint density at radius 2 is 2.12 bits per heavy atom.